The Hall–Kier alpha value is -1.96. The number of carboxylic acid groups (broad SMARTS) is 1. The largest absolute Gasteiger partial charge is 0.481 e. The Balaban J connectivity index is 3.12. The van der Waals surface area contributed by atoms with Gasteiger partial charge in [0.05, 0.1) is 16.9 Å². The van der Waals surface area contributed by atoms with Crippen LogP contribution in [0.25, 0.3) is 0 Å². The topological polar surface area (TPSA) is 101 Å². The van der Waals surface area contributed by atoms with Gasteiger partial charge in [-0.3, -0.25) is 19.7 Å². The Morgan fingerprint density at radius 2 is 2.05 bits per heavy atom. The number of nitro benzene ring substituents is 1. The van der Waals surface area contributed by atoms with E-state index in [9.17, 15) is 19.7 Å². The zero-order valence-corrected chi connectivity index (χ0v) is 13.2. The van der Waals surface area contributed by atoms with Crippen LogP contribution in [0.1, 0.15) is 30.6 Å². The summed E-state index contributed by atoms with van der Waals surface area (Å²) < 4.78 is 0.0981. The summed E-state index contributed by atoms with van der Waals surface area (Å²) in [6, 6.07) is 3.96. The lowest BCUT2D eigenvalue weighted by atomic mass is 10.1. The number of carbonyl (C=O) groups is 2. The number of benzene rings is 1. The lowest BCUT2D eigenvalue weighted by molar-refractivity contribution is -0.385. The first-order valence-electron chi connectivity index (χ1n) is 6.21. The summed E-state index contributed by atoms with van der Waals surface area (Å²) in [5, 5.41) is 19.6. The van der Waals surface area contributed by atoms with Crippen LogP contribution in [0.5, 0.6) is 0 Å². The molecule has 0 fully saturated rings. The van der Waals surface area contributed by atoms with Crippen LogP contribution in [0.15, 0.2) is 22.7 Å². The lowest BCUT2D eigenvalue weighted by Gasteiger charge is -2.26. The molecule has 1 N–H and O–H groups in total. The summed E-state index contributed by atoms with van der Waals surface area (Å²) in [6.07, 6.45) is -0.184. The van der Waals surface area contributed by atoms with Gasteiger partial charge in [0.15, 0.2) is 0 Å². The second-order valence-electron chi connectivity index (χ2n) is 4.63. The van der Waals surface area contributed by atoms with E-state index in [2.05, 4.69) is 15.9 Å². The molecule has 0 saturated heterocycles. The van der Waals surface area contributed by atoms with E-state index in [0.717, 1.165) is 0 Å². The van der Waals surface area contributed by atoms with Crippen molar-refractivity contribution in [1.29, 1.82) is 0 Å². The summed E-state index contributed by atoms with van der Waals surface area (Å²) in [6.45, 7) is 3.55. The molecule has 1 rings (SSSR count). The van der Waals surface area contributed by atoms with Gasteiger partial charge in [-0.15, -0.1) is 0 Å². The van der Waals surface area contributed by atoms with E-state index in [0.29, 0.717) is 0 Å². The van der Waals surface area contributed by atoms with E-state index in [-0.39, 0.29) is 34.7 Å². The number of carboxylic acids is 1. The number of aliphatic carboxylic acids is 1. The number of rotatable bonds is 6. The molecule has 1 aromatic rings. The van der Waals surface area contributed by atoms with Gasteiger partial charge in [0, 0.05) is 18.7 Å². The maximum Gasteiger partial charge on any atom is 0.305 e. The number of nitrogens with zero attached hydrogens (tertiary/aromatic N) is 2. The summed E-state index contributed by atoms with van der Waals surface area (Å²) in [7, 11) is 0. The average molecular weight is 359 g/mol. The van der Waals surface area contributed by atoms with Gasteiger partial charge in [0.1, 0.15) is 4.47 Å². The second-order valence-corrected chi connectivity index (χ2v) is 5.42. The van der Waals surface area contributed by atoms with Gasteiger partial charge in [-0.2, -0.15) is 0 Å². The molecule has 0 aliphatic carbocycles. The molecule has 8 heteroatoms. The monoisotopic (exact) mass is 358 g/mol. The van der Waals surface area contributed by atoms with Crippen molar-refractivity contribution in [1.82, 2.24) is 4.90 Å². The highest BCUT2D eigenvalue weighted by Crippen LogP contribution is 2.29. The van der Waals surface area contributed by atoms with Gasteiger partial charge in [-0.25, -0.2) is 0 Å². The van der Waals surface area contributed by atoms with Crippen molar-refractivity contribution in [3.63, 3.8) is 0 Å². The highest BCUT2D eigenvalue weighted by atomic mass is 79.9. The molecular formula is C13H15BrN2O5. The Kier molecular flexibility index (Phi) is 5.83. The molecular weight excluding hydrogens is 344 g/mol. The molecule has 7 nitrogen and oxygen atoms in total. The molecule has 1 aromatic carbocycles. The van der Waals surface area contributed by atoms with Crippen molar-refractivity contribution in [2.24, 2.45) is 0 Å². The molecule has 0 atom stereocenters. The van der Waals surface area contributed by atoms with Crippen LogP contribution in [0.2, 0.25) is 0 Å². The fourth-order valence-electron chi connectivity index (χ4n) is 1.79. The van der Waals surface area contributed by atoms with Crippen LogP contribution >= 0.6 is 15.9 Å². The fraction of sp³-hybridized carbons (Fsp3) is 0.385. The third-order valence-electron chi connectivity index (χ3n) is 2.86. The first kappa shape index (κ1) is 17.1. The normalized spacial score (nSPS) is 10.5. The zero-order valence-electron chi connectivity index (χ0n) is 11.6. The highest BCUT2D eigenvalue weighted by Gasteiger charge is 2.25. The summed E-state index contributed by atoms with van der Waals surface area (Å²) >= 11 is 3.07. The predicted octanol–water partition coefficient (Wildman–Crippen LogP) is 2.68. The first-order valence-corrected chi connectivity index (χ1v) is 7.00. The molecule has 0 bridgehead atoms. The lowest BCUT2D eigenvalue weighted by Crippen LogP contribution is -2.38. The quantitative estimate of drug-likeness (QED) is 0.622. The summed E-state index contributed by atoms with van der Waals surface area (Å²) in [4.78, 5) is 34.8. The Bertz CT molecular complexity index is 574. The number of amides is 1. The SMILES string of the molecule is CC(C)N(CCC(=O)O)C(=O)c1cccc([N+](=O)[O-])c1Br. The minimum absolute atomic E-state index is 0.0426. The maximum atomic E-state index is 12.5. The van der Waals surface area contributed by atoms with Gasteiger partial charge in [-0.05, 0) is 35.8 Å². The molecule has 114 valence electrons. The molecule has 0 aromatic heterocycles. The van der Waals surface area contributed by atoms with E-state index < -0.39 is 16.8 Å². The molecule has 1 amide bonds. The smallest absolute Gasteiger partial charge is 0.305 e. The molecule has 0 spiro atoms. The van der Waals surface area contributed by atoms with E-state index in [1.54, 1.807) is 13.8 Å². The number of halogens is 1. The molecule has 0 heterocycles. The van der Waals surface area contributed by atoms with Gasteiger partial charge in [-0.1, -0.05) is 6.07 Å². The zero-order chi connectivity index (χ0) is 16.2. The van der Waals surface area contributed by atoms with E-state index in [4.69, 9.17) is 5.11 Å². The van der Waals surface area contributed by atoms with Crippen molar-refractivity contribution in [3.05, 3.63) is 38.3 Å². The fourth-order valence-corrected chi connectivity index (χ4v) is 2.37. The van der Waals surface area contributed by atoms with Crippen molar-refractivity contribution >= 4 is 33.5 Å². The van der Waals surface area contributed by atoms with E-state index in [1.807, 2.05) is 0 Å². The second kappa shape index (κ2) is 7.16. The molecule has 0 radical (unpaired) electrons. The maximum absolute atomic E-state index is 12.5. The first-order chi connectivity index (χ1) is 9.75. The molecule has 0 unspecified atom stereocenters. The van der Waals surface area contributed by atoms with Crippen LogP contribution in [0.3, 0.4) is 0 Å². The number of nitro groups is 1. The third kappa shape index (κ3) is 4.25. The minimum atomic E-state index is -1.01. The Morgan fingerprint density at radius 1 is 1.43 bits per heavy atom. The van der Waals surface area contributed by atoms with Gasteiger partial charge >= 0.3 is 5.97 Å². The van der Waals surface area contributed by atoms with Crippen molar-refractivity contribution in [2.45, 2.75) is 26.3 Å². The van der Waals surface area contributed by atoms with E-state index >= 15 is 0 Å². The number of hydrogen-bond acceptors (Lipinski definition) is 4. The van der Waals surface area contributed by atoms with E-state index in [1.165, 1.54) is 23.1 Å². The minimum Gasteiger partial charge on any atom is -0.481 e. The van der Waals surface area contributed by atoms with Crippen LogP contribution in [-0.2, 0) is 4.79 Å². The van der Waals surface area contributed by atoms with Crippen molar-refractivity contribution in [2.75, 3.05) is 6.54 Å². The highest BCUT2D eigenvalue weighted by molar-refractivity contribution is 9.10. The predicted molar refractivity (Wildman–Crippen MR) is 79.2 cm³/mol. The van der Waals surface area contributed by atoms with Crippen LogP contribution in [0, 0.1) is 10.1 Å². The van der Waals surface area contributed by atoms with Crippen LogP contribution in [0.4, 0.5) is 5.69 Å². The van der Waals surface area contributed by atoms with Crippen molar-refractivity contribution in [3.8, 4) is 0 Å². The molecule has 21 heavy (non-hydrogen) atoms. The molecule has 0 aliphatic rings. The van der Waals surface area contributed by atoms with Crippen LogP contribution < -0.4 is 0 Å². The van der Waals surface area contributed by atoms with Crippen molar-refractivity contribution < 1.29 is 19.6 Å². The summed E-state index contributed by atoms with van der Waals surface area (Å²) in [5.74, 6) is -1.45. The van der Waals surface area contributed by atoms with Gasteiger partial charge < -0.3 is 10.0 Å². The van der Waals surface area contributed by atoms with Crippen LogP contribution in [-0.4, -0.2) is 39.4 Å². The standard InChI is InChI=1S/C13H15BrN2O5/c1-8(2)15(7-6-11(17)18)13(19)9-4-3-5-10(12(9)14)16(20)21/h3-5,8H,6-7H2,1-2H3,(H,17,18). The van der Waals surface area contributed by atoms with Gasteiger partial charge in [0.25, 0.3) is 11.6 Å². The Morgan fingerprint density at radius 3 is 2.52 bits per heavy atom. The summed E-state index contributed by atoms with van der Waals surface area (Å²) in [5.41, 5.74) is -0.0638. The number of hydrogen-bond donors (Lipinski definition) is 1. The Labute approximate surface area is 129 Å². The average Bonchev–Trinajstić information content (AvgIpc) is 2.37. The number of carbonyl (C=O) groups excluding carboxylic acids is 1. The van der Waals surface area contributed by atoms with Gasteiger partial charge in [0.2, 0.25) is 0 Å². The third-order valence-corrected chi connectivity index (χ3v) is 3.69. The molecule has 0 aliphatic heterocycles. The molecule has 0 saturated carbocycles.